The summed E-state index contributed by atoms with van der Waals surface area (Å²) in [6.45, 7) is 4.69. The van der Waals surface area contributed by atoms with Crippen LogP contribution in [0.2, 0.25) is 0 Å². The minimum atomic E-state index is 0.0497. The predicted molar refractivity (Wildman–Crippen MR) is 99.9 cm³/mol. The Labute approximate surface area is 155 Å². The quantitative estimate of drug-likeness (QED) is 0.797. The van der Waals surface area contributed by atoms with Gasteiger partial charge in [0.1, 0.15) is 0 Å². The molecular formula is C21H27N3O2. The van der Waals surface area contributed by atoms with Crippen molar-refractivity contribution < 1.29 is 9.47 Å². The maximum atomic E-state index is 6.28. The van der Waals surface area contributed by atoms with Crippen LogP contribution in [0.25, 0.3) is 0 Å². The Hall–Kier alpha value is -1.98. The van der Waals surface area contributed by atoms with Crippen LogP contribution in [0.4, 0.5) is 0 Å². The van der Waals surface area contributed by atoms with E-state index in [1.165, 1.54) is 0 Å². The van der Waals surface area contributed by atoms with Crippen molar-refractivity contribution in [2.75, 3.05) is 26.3 Å². The largest absolute Gasteiger partial charge is 0.478 e. The van der Waals surface area contributed by atoms with Crippen molar-refractivity contribution >= 4 is 0 Å². The molecule has 2 aliphatic rings. The van der Waals surface area contributed by atoms with Gasteiger partial charge in [-0.2, -0.15) is 0 Å². The van der Waals surface area contributed by atoms with Crippen molar-refractivity contribution in [3.05, 3.63) is 54.5 Å². The molecule has 138 valence electrons. The van der Waals surface area contributed by atoms with Crippen molar-refractivity contribution in [1.82, 2.24) is 14.9 Å². The fourth-order valence-electron chi connectivity index (χ4n) is 4.29. The van der Waals surface area contributed by atoms with Gasteiger partial charge in [0.2, 0.25) is 5.88 Å². The first kappa shape index (κ1) is 17.4. The molecule has 5 heteroatoms. The molecule has 0 amide bonds. The molecule has 4 rings (SSSR count). The van der Waals surface area contributed by atoms with E-state index in [1.807, 2.05) is 30.5 Å². The summed E-state index contributed by atoms with van der Waals surface area (Å²) < 4.78 is 12.1. The number of aromatic nitrogens is 2. The van der Waals surface area contributed by atoms with E-state index in [0.29, 0.717) is 18.4 Å². The zero-order valence-corrected chi connectivity index (χ0v) is 15.2. The first-order valence-corrected chi connectivity index (χ1v) is 9.64. The molecule has 5 nitrogen and oxygen atoms in total. The number of piperidine rings is 1. The number of ether oxygens (including phenoxy) is 2. The Morgan fingerprint density at radius 2 is 1.88 bits per heavy atom. The maximum Gasteiger partial charge on any atom is 0.213 e. The molecule has 0 aliphatic carbocycles. The van der Waals surface area contributed by atoms with Crippen LogP contribution in [0.5, 0.6) is 5.88 Å². The second kappa shape index (κ2) is 8.14. The Balaban J connectivity index is 1.28. The third kappa shape index (κ3) is 4.05. The van der Waals surface area contributed by atoms with E-state index in [-0.39, 0.29) is 5.60 Å². The van der Waals surface area contributed by atoms with E-state index in [4.69, 9.17) is 9.47 Å². The summed E-state index contributed by atoms with van der Waals surface area (Å²) >= 11 is 0. The van der Waals surface area contributed by atoms with Crippen molar-refractivity contribution in [3.63, 3.8) is 0 Å². The van der Waals surface area contributed by atoms with Crippen molar-refractivity contribution in [1.29, 1.82) is 0 Å². The Bertz CT molecular complexity index is 672. The normalized spacial score (nSPS) is 22.5. The molecular weight excluding hydrogens is 326 g/mol. The molecule has 0 N–H and O–H groups in total. The summed E-state index contributed by atoms with van der Waals surface area (Å²) in [7, 11) is 0. The van der Waals surface area contributed by atoms with E-state index in [9.17, 15) is 0 Å². The standard InChI is InChI=1S/C21H27N3O2/c1-3-11-22-19(5-1)17-24-13-9-21(10-14-24)18(8-16-26-21)7-15-25-20-6-2-4-12-23-20/h1-6,11-12,18H,7-10,13-17H2/t18-/m1/s1. The zero-order chi connectivity index (χ0) is 17.7. The third-order valence-electron chi connectivity index (χ3n) is 5.77. The lowest BCUT2D eigenvalue weighted by Gasteiger charge is -2.42. The van der Waals surface area contributed by atoms with Gasteiger partial charge in [0.05, 0.1) is 17.9 Å². The van der Waals surface area contributed by atoms with Gasteiger partial charge in [0, 0.05) is 44.7 Å². The van der Waals surface area contributed by atoms with E-state index in [0.717, 1.165) is 57.6 Å². The van der Waals surface area contributed by atoms with E-state index >= 15 is 0 Å². The number of pyridine rings is 2. The molecule has 26 heavy (non-hydrogen) atoms. The third-order valence-corrected chi connectivity index (χ3v) is 5.77. The number of hydrogen-bond donors (Lipinski definition) is 0. The molecule has 2 saturated heterocycles. The van der Waals surface area contributed by atoms with Crippen LogP contribution in [0.1, 0.15) is 31.4 Å². The lowest BCUT2D eigenvalue weighted by Crippen LogP contribution is -2.47. The van der Waals surface area contributed by atoms with Gasteiger partial charge < -0.3 is 9.47 Å². The van der Waals surface area contributed by atoms with Crippen LogP contribution in [0, 0.1) is 5.92 Å². The van der Waals surface area contributed by atoms with Gasteiger partial charge >= 0.3 is 0 Å². The molecule has 2 fully saturated rings. The Morgan fingerprint density at radius 3 is 2.62 bits per heavy atom. The van der Waals surface area contributed by atoms with Crippen molar-refractivity contribution in [2.45, 2.75) is 37.8 Å². The first-order chi connectivity index (χ1) is 12.8. The minimum Gasteiger partial charge on any atom is -0.478 e. The summed E-state index contributed by atoms with van der Waals surface area (Å²) in [6.07, 6.45) is 8.04. The predicted octanol–water partition coefficient (Wildman–Crippen LogP) is 3.32. The van der Waals surface area contributed by atoms with Crippen LogP contribution in [0.3, 0.4) is 0 Å². The number of likely N-dealkylation sites (tertiary alicyclic amines) is 1. The molecule has 0 saturated carbocycles. The van der Waals surface area contributed by atoms with Crippen LogP contribution in [-0.2, 0) is 11.3 Å². The lowest BCUT2D eigenvalue weighted by atomic mass is 9.78. The zero-order valence-electron chi connectivity index (χ0n) is 15.2. The van der Waals surface area contributed by atoms with Crippen molar-refractivity contribution in [2.24, 2.45) is 5.92 Å². The molecule has 4 heterocycles. The fourth-order valence-corrected chi connectivity index (χ4v) is 4.29. The van der Waals surface area contributed by atoms with Gasteiger partial charge in [-0.05, 0) is 49.8 Å². The number of hydrogen-bond acceptors (Lipinski definition) is 5. The summed E-state index contributed by atoms with van der Waals surface area (Å²) in [4.78, 5) is 11.2. The van der Waals surface area contributed by atoms with Gasteiger partial charge in [0.25, 0.3) is 0 Å². The average molecular weight is 353 g/mol. The summed E-state index contributed by atoms with van der Waals surface area (Å²) in [5, 5.41) is 0. The molecule has 2 aliphatic heterocycles. The van der Waals surface area contributed by atoms with Gasteiger partial charge in [0.15, 0.2) is 0 Å². The molecule has 0 radical (unpaired) electrons. The van der Waals surface area contributed by atoms with Gasteiger partial charge in [-0.25, -0.2) is 4.98 Å². The van der Waals surface area contributed by atoms with Gasteiger partial charge in [-0.3, -0.25) is 9.88 Å². The van der Waals surface area contributed by atoms with E-state index in [1.54, 1.807) is 6.20 Å². The first-order valence-electron chi connectivity index (χ1n) is 9.64. The number of rotatable bonds is 6. The van der Waals surface area contributed by atoms with Crippen LogP contribution in [0.15, 0.2) is 48.8 Å². The highest BCUT2D eigenvalue weighted by molar-refractivity contribution is 5.09. The highest BCUT2D eigenvalue weighted by atomic mass is 16.5. The maximum absolute atomic E-state index is 6.28. The highest BCUT2D eigenvalue weighted by Crippen LogP contribution is 2.42. The SMILES string of the molecule is c1ccc(CN2CCC3(CC2)OCC[C@H]3CCOc2ccccn2)nc1. The molecule has 1 atom stereocenters. The minimum absolute atomic E-state index is 0.0497. The topological polar surface area (TPSA) is 47.5 Å². The second-order valence-corrected chi connectivity index (χ2v) is 7.30. The fraction of sp³-hybridized carbons (Fsp3) is 0.524. The molecule has 2 aromatic heterocycles. The molecule has 1 spiro atoms. The van der Waals surface area contributed by atoms with Crippen LogP contribution in [-0.4, -0.2) is 46.8 Å². The molecule has 0 aromatic carbocycles. The summed E-state index contributed by atoms with van der Waals surface area (Å²) in [6, 6.07) is 11.9. The van der Waals surface area contributed by atoms with E-state index in [2.05, 4.69) is 27.0 Å². The lowest BCUT2D eigenvalue weighted by molar-refractivity contribution is -0.0710. The second-order valence-electron chi connectivity index (χ2n) is 7.30. The van der Waals surface area contributed by atoms with Gasteiger partial charge in [-0.1, -0.05) is 12.1 Å². The molecule has 0 bridgehead atoms. The molecule has 0 unspecified atom stereocenters. The summed E-state index contributed by atoms with van der Waals surface area (Å²) in [5.41, 5.74) is 1.20. The molecule has 2 aromatic rings. The smallest absolute Gasteiger partial charge is 0.213 e. The monoisotopic (exact) mass is 353 g/mol. The summed E-state index contributed by atoms with van der Waals surface area (Å²) in [5.74, 6) is 1.30. The highest BCUT2D eigenvalue weighted by Gasteiger charge is 2.45. The van der Waals surface area contributed by atoms with E-state index < -0.39 is 0 Å². The Kier molecular flexibility index (Phi) is 5.46. The number of nitrogens with zero attached hydrogens (tertiary/aromatic N) is 3. The van der Waals surface area contributed by atoms with Crippen molar-refractivity contribution in [3.8, 4) is 5.88 Å². The van der Waals surface area contributed by atoms with Gasteiger partial charge in [-0.15, -0.1) is 0 Å². The van der Waals surface area contributed by atoms with Crippen LogP contribution >= 0.6 is 0 Å². The Morgan fingerprint density at radius 1 is 1.08 bits per heavy atom. The van der Waals surface area contributed by atoms with Crippen LogP contribution < -0.4 is 4.74 Å². The average Bonchev–Trinajstić information content (AvgIpc) is 3.08.